The topological polar surface area (TPSA) is 142 Å². The quantitative estimate of drug-likeness (QED) is 0.350. The maximum absolute atomic E-state index is 13.9. The highest BCUT2D eigenvalue weighted by Crippen LogP contribution is 2.36. The smallest absolute Gasteiger partial charge is 0.384 e. The van der Waals surface area contributed by atoms with Crippen molar-refractivity contribution in [2.24, 2.45) is 5.73 Å². The van der Waals surface area contributed by atoms with Gasteiger partial charge in [0.15, 0.2) is 9.84 Å². The number of aromatic nitrogens is 3. The molecule has 0 bridgehead atoms. The number of sulfone groups is 1. The lowest BCUT2D eigenvalue weighted by Gasteiger charge is -2.19. The number of anilines is 1. The first kappa shape index (κ1) is 26.9. The molecule has 3 heterocycles. The Hall–Kier alpha value is -4.13. The van der Waals surface area contributed by atoms with Crippen molar-refractivity contribution in [3.8, 4) is 0 Å². The number of pyridine rings is 3. The van der Waals surface area contributed by atoms with E-state index < -0.39 is 39.7 Å². The third kappa shape index (κ3) is 5.42. The van der Waals surface area contributed by atoms with Gasteiger partial charge >= 0.3 is 6.18 Å². The van der Waals surface area contributed by atoms with Gasteiger partial charge in [-0.2, -0.15) is 13.2 Å². The van der Waals surface area contributed by atoms with Crippen LogP contribution < -0.4 is 11.5 Å². The average molecular weight is 548 g/mol. The normalized spacial score (nSPS) is 12.2. The van der Waals surface area contributed by atoms with Crippen LogP contribution >= 0.6 is 0 Å². The lowest BCUT2D eigenvalue weighted by Crippen LogP contribution is -2.19. The average Bonchev–Trinajstić information content (AvgIpc) is 2.79. The van der Waals surface area contributed by atoms with E-state index in [0.29, 0.717) is 11.6 Å². The van der Waals surface area contributed by atoms with E-state index in [0.717, 1.165) is 18.5 Å². The molecule has 198 valence electrons. The second-order valence-corrected chi connectivity index (χ2v) is 10.7. The zero-order valence-electron chi connectivity index (χ0n) is 20.1. The van der Waals surface area contributed by atoms with Gasteiger partial charge in [0, 0.05) is 47.6 Å². The molecule has 0 spiro atoms. The van der Waals surface area contributed by atoms with Crippen molar-refractivity contribution < 1.29 is 30.8 Å². The molecule has 4 aromatic rings. The Morgan fingerprint density at radius 1 is 1.05 bits per heavy atom. The molecule has 0 aliphatic heterocycles. The zero-order valence-corrected chi connectivity index (χ0v) is 20.9. The van der Waals surface area contributed by atoms with Crippen LogP contribution in [0.4, 0.5) is 23.4 Å². The van der Waals surface area contributed by atoms with E-state index in [-0.39, 0.29) is 56.1 Å². The second-order valence-electron chi connectivity index (χ2n) is 8.75. The third-order valence-corrected chi connectivity index (χ3v) is 7.08. The van der Waals surface area contributed by atoms with E-state index in [1.807, 2.05) is 0 Å². The summed E-state index contributed by atoms with van der Waals surface area (Å²) in [6, 6.07) is 5.96. The fourth-order valence-corrected chi connectivity index (χ4v) is 5.21. The molecule has 1 aromatic carbocycles. The number of nitrogen functional groups attached to an aromatic ring is 1. The highest BCUT2D eigenvalue weighted by Gasteiger charge is 2.35. The van der Waals surface area contributed by atoms with Crippen molar-refractivity contribution in [3.63, 3.8) is 0 Å². The number of carbonyl (C=O) groups excluding carboxylic acids is 1. The molecule has 0 unspecified atom stereocenters. The summed E-state index contributed by atoms with van der Waals surface area (Å²) in [5, 5.41) is 0.202. The Kier molecular flexibility index (Phi) is 6.82. The van der Waals surface area contributed by atoms with Crippen LogP contribution in [0.2, 0.25) is 0 Å². The molecule has 4 N–H and O–H groups in total. The van der Waals surface area contributed by atoms with Crippen LogP contribution in [0, 0.1) is 12.7 Å². The van der Waals surface area contributed by atoms with Gasteiger partial charge in [-0.3, -0.25) is 14.8 Å². The maximum Gasteiger partial charge on any atom is 0.416 e. The maximum atomic E-state index is 13.9. The summed E-state index contributed by atoms with van der Waals surface area (Å²) >= 11 is 0. The minimum absolute atomic E-state index is 0.00849. The lowest BCUT2D eigenvalue weighted by atomic mass is 9.92. The number of alkyl halides is 3. The number of primary amides is 1. The van der Waals surface area contributed by atoms with E-state index in [2.05, 4.69) is 15.0 Å². The number of fused-ring (bicyclic) bond motifs is 1. The largest absolute Gasteiger partial charge is 0.416 e. The van der Waals surface area contributed by atoms with Gasteiger partial charge in [0.25, 0.3) is 0 Å². The van der Waals surface area contributed by atoms with Gasteiger partial charge in [-0.05, 0) is 53.9 Å². The van der Waals surface area contributed by atoms with Crippen molar-refractivity contribution in [1.29, 1.82) is 0 Å². The first-order chi connectivity index (χ1) is 17.6. The standard InChI is InChI=1S/C25H21F4N5O3S/c1-12-17(19(25(27,28)29)10-22(30)34-12)9-18-16(24(31)35)3-4-32-20(18)6-13-5-14-8-15(26)11-33-23(14)21(7-13)38(2,36)37/h3-5,7-8,10-11H,6,9H2,1-2H3,(H2,30,34)(H2,31,35). The summed E-state index contributed by atoms with van der Waals surface area (Å²) in [5.41, 5.74) is 10.5. The lowest BCUT2D eigenvalue weighted by molar-refractivity contribution is -0.138. The number of benzene rings is 1. The van der Waals surface area contributed by atoms with Crippen molar-refractivity contribution in [2.75, 3.05) is 12.0 Å². The molecular weight excluding hydrogens is 526 g/mol. The number of amides is 1. The van der Waals surface area contributed by atoms with Gasteiger partial charge in [-0.15, -0.1) is 0 Å². The van der Waals surface area contributed by atoms with Crippen molar-refractivity contribution in [3.05, 3.63) is 87.7 Å². The molecule has 38 heavy (non-hydrogen) atoms. The fraction of sp³-hybridized carbons (Fsp3) is 0.200. The Bertz CT molecular complexity index is 1710. The van der Waals surface area contributed by atoms with Crippen LogP contribution in [-0.4, -0.2) is 35.5 Å². The number of halogens is 4. The number of nitrogens with two attached hydrogens (primary N) is 2. The third-order valence-electron chi connectivity index (χ3n) is 5.97. The van der Waals surface area contributed by atoms with Gasteiger partial charge < -0.3 is 11.5 Å². The van der Waals surface area contributed by atoms with Gasteiger partial charge in [-0.25, -0.2) is 17.8 Å². The monoisotopic (exact) mass is 547 g/mol. The molecule has 0 saturated heterocycles. The molecule has 13 heteroatoms. The van der Waals surface area contributed by atoms with Crippen molar-refractivity contribution in [1.82, 2.24) is 15.0 Å². The number of nitrogens with zero attached hydrogens (tertiary/aromatic N) is 3. The van der Waals surface area contributed by atoms with E-state index in [9.17, 15) is 30.8 Å². The molecule has 0 aliphatic carbocycles. The van der Waals surface area contributed by atoms with Crippen molar-refractivity contribution >= 4 is 32.5 Å². The molecule has 4 rings (SSSR count). The van der Waals surface area contributed by atoms with Crippen LogP contribution in [0.1, 0.15) is 44.0 Å². The molecular formula is C25H21F4N5O3S. The number of rotatable bonds is 6. The molecule has 1 amide bonds. The summed E-state index contributed by atoms with van der Waals surface area (Å²) in [6.45, 7) is 1.37. The van der Waals surface area contributed by atoms with Gasteiger partial charge in [0.05, 0.1) is 22.2 Å². The Balaban J connectivity index is 1.91. The van der Waals surface area contributed by atoms with Crippen molar-refractivity contribution in [2.45, 2.75) is 30.8 Å². The van der Waals surface area contributed by atoms with Gasteiger partial charge in [-0.1, -0.05) is 0 Å². The number of aryl methyl sites for hydroxylation is 1. The summed E-state index contributed by atoms with van der Waals surface area (Å²) in [5.74, 6) is -1.89. The van der Waals surface area contributed by atoms with E-state index >= 15 is 0 Å². The Morgan fingerprint density at radius 3 is 2.39 bits per heavy atom. The van der Waals surface area contributed by atoms with Crippen LogP contribution in [0.25, 0.3) is 10.9 Å². The summed E-state index contributed by atoms with van der Waals surface area (Å²) < 4.78 is 80.4. The molecule has 8 nitrogen and oxygen atoms in total. The highest BCUT2D eigenvalue weighted by atomic mass is 32.2. The SMILES string of the molecule is Cc1nc(N)cc(C(F)(F)F)c1Cc1c(C(N)=O)ccnc1Cc1cc(S(C)(=O)=O)c2ncc(F)cc2c1. The fourth-order valence-electron chi connectivity index (χ4n) is 4.32. The van der Waals surface area contributed by atoms with Crippen LogP contribution in [0.3, 0.4) is 0 Å². The number of hydrogen-bond acceptors (Lipinski definition) is 7. The predicted molar refractivity (Wildman–Crippen MR) is 132 cm³/mol. The molecule has 3 aromatic heterocycles. The number of carbonyl (C=O) groups is 1. The van der Waals surface area contributed by atoms with E-state index in [1.54, 1.807) is 0 Å². The first-order valence-corrected chi connectivity index (χ1v) is 12.9. The summed E-state index contributed by atoms with van der Waals surface area (Å²) in [7, 11) is -3.79. The van der Waals surface area contributed by atoms with Crippen LogP contribution in [0.5, 0.6) is 0 Å². The minimum atomic E-state index is -4.76. The van der Waals surface area contributed by atoms with Crippen LogP contribution in [-0.2, 0) is 28.9 Å². The van der Waals surface area contributed by atoms with E-state index in [4.69, 9.17) is 11.5 Å². The first-order valence-electron chi connectivity index (χ1n) is 11.0. The summed E-state index contributed by atoms with van der Waals surface area (Å²) in [4.78, 5) is 24.2. The Morgan fingerprint density at radius 2 is 1.76 bits per heavy atom. The van der Waals surface area contributed by atoms with Gasteiger partial charge in [0.2, 0.25) is 5.91 Å². The second kappa shape index (κ2) is 9.63. The molecule has 0 atom stereocenters. The zero-order chi connectivity index (χ0) is 28.0. The predicted octanol–water partition coefficient (Wildman–Crippen LogP) is 3.76. The molecule has 0 radical (unpaired) electrons. The molecule has 0 fully saturated rings. The summed E-state index contributed by atoms with van der Waals surface area (Å²) in [6.07, 6.45) is -2.12. The van der Waals surface area contributed by atoms with E-state index in [1.165, 1.54) is 31.3 Å². The Labute approximate surface area is 214 Å². The molecule has 0 saturated carbocycles. The van der Waals surface area contributed by atoms with Gasteiger partial charge in [0.1, 0.15) is 11.6 Å². The van der Waals surface area contributed by atoms with Crippen LogP contribution in [0.15, 0.2) is 47.6 Å². The highest BCUT2D eigenvalue weighted by molar-refractivity contribution is 7.91. The number of hydrogen-bond donors (Lipinski definition) is 2. The minimum Gasteiger partial charge on any atom is -0.384 e. The molecule has 0 aliphatic rings.